The number of carbonyl (C=O) groups excluding carboxylic acids is 1. The topological polar surface area (TPSA) is 87.4 Å². The van der Waals surface area contributed by atoms with Crippen LogP contribution < -0.4 is 5.32 Å². The number of aryl methyl sites for hydroxylation is 1. The molecule has 2 aromatic rings. The number of rotatable bonds is 4. The number of hydrogen-bond acceptors (Lipinski definition) is 4. The summed E-state index contributed by atoms with van der Waals surface area (Å²) in [6, 6.07) is 6.32. The summed E-state index contributed by atoms with van der Waals surface area (Å²) < 4.78 is 2.00. The summed E-state index contributed by atoms with van der Waals surface area (Å²) in [5.74, 6) is 0.0178. The molecule has 6 heteroatoms. The Hall–Kier alpha value is -2.34. The predicted molar refractivity (Wildman–Crippen MR) is 80.1 cm³/mol. The summed E-state index contributed by atoms with van der Waals surface area (Å²) in [4.78, 5) is 16.3. The molecule has 0 spiro atoms. The van der Waals surface area contributed by atoms with E-state index >= 15 is 0 Å². The lowest BCUT2D eigenvalue weighted by Gasteiger charge is -2.24. The number of phenols is 1. The van der Waals surface area contributed by atoms with Crippen molar-refractivity contribution in [3.05, 3.63) is 48.0 Å². The van der Waals surface area contributed by atoms with Crippen molar-refractivity contribution in [3.8, 4) is 5.75 Å². The van der Waals surface area contributed by atoms with Crippen molar-refractivity contribution in [2.45, 2.75) is 25.5 Å². The summed E-state index contributed by atoms with van der Waals surface area (Å²) in [7, 11) is 0. The van der Waals surface area contributed by atoms with Crippen LogP contribution >= 0.6 is 0 Å². The van der Waals surface area contributed by atoms with E-state index in [1.54, 1.807) is 18.5 Å². The molecule has 6 nitrogen and oxygen atoms in total. The summed E-state index contributed by atoms with van der Waals surface area (Å²) in [6.07, 6.45) is 4.45. The predicted octanol–water partition coefficient (Wildman–Crippen LogP) is 1.00. The highest BCUT2D eigenvalue weighted by Gasteiger charge is 2.24. The number of imidazole rings is 1. The van der Waals surface area contributed by atoms with Crippen LogP contribution in [-0.2, 0) is 17.8 Å². The second kappa shape index (κ2) is 6.19. The normalized spacial score (nSPS) is 18.5. The Kier molecular flexibility index (Phi) is 4.11. The van der Waals surface area contributed by atoms with E-state index < -0.39 is 6.10 Å². The molecule has 1 aliphatic rings. The number of nitrogens with one attached hydrogen (secondary N) is 1. The minimum atomic E-state index is -0.781. The van der Waals surface area contributed by atoms with E-state index in [2.05, 4.69) is 10.3 Å². The minimum Gasteiger partial charge on any atom is -0.508 e. The maximum absolute atomic E-state index is 12.2. The van der Waals surface area contributed by atoms with Gasteiger partial charge in [-0.3, -0.25) is 4.79 Å². The van der Waals surface area contributed by atoms with E-state index in [4.69, 9.17) is 0 Å². The molecule has 0 fully saturated rings. The first kappa shape index (κ1) is 14.6. The van der Waals surface area contributed by atoms with Gasteiger partial charge in [-0.15, -0.1) is 0 Å². The van der Waals surface area contributed by atoms with Crippen molar-refractivity contribution in [3.63, 3.8) is 0 Å². The number of nitrogens with zero attached hydrogens (tertiary/aromatic N) is 2. The smallest absolute Gasteiger partial charge is 0.225 e. The molecule has 3 rings (SSSR count). The first-order chi connectivity index (χ1) is 10.6. The van der Waals surface area contributed by atoms with E-state index in [0.717, 1.165) is 18.5 Å². The Morgan fingerprint density at radius 2 is 2.18 bits per heavy atom. The van der Waals surface area contributed by atoms with Crippen LogP contribution in [0.2, 0.25) is 0 Å². The van der Waals surface area contributed by atoms with Gasteiger partial charge in [-0.2, -0.15) is 0 Å². The summed E-state index contributed by atoms with van der Waals surface area (Å²) in [5.41, 5.74) is 1.83. The second-order valence-corrected chi connectivity index (χ2v) is 5.63. The van der Waals surface area contributed by atoms with Crippen molar-refractivity contribution in [1.82, 2.24) is 14.9 Å². The number of benzene rings is 1. The zero-order valence-corrected chi connectivity index (χ0v) is 12.1. The van der Waals surface area contributed by atoms with Crippen molar-refractivity contribution in [2.24, 2.45) is 5.92 Å². The van der Waals surface area contributed by atoms with E-state index in [1.165, 1.54) is 12.1 Å². The van der Waals surface area contributed by atoms with Gasteiger partial charge >= 0.3 is 0 Å². The number of aliphatic hydroxyl groups excluding tert-OH is 1. The second-order valence-electron chi connectivity index (χ2n) is 5.63. The van der Waals surface area contributed by atoms with E-state index in [-0.39, 0.29) is 24.1 Å². The Morgan fingerprint density at radius 1 is 1.41 bits per heavy atom. The molecule has 0 aliphatic carbocycles. The molecule has 0 saturated heterocycles. The monoisotopic (exact) mass is 301 g/mol. The van der Waals surface area contributed by atoms with Crippen LogP contribution in [0.1, 0.15) is 23.8 Å². The highest BCUT2D eigenvalue weighted by atomic mass is 16.3. The van der Waals surface area contributed by atoms with E-state index in [9.17, 15) is 15.0 Å². The lowest BCUT2D eigenvalue weighted by molar-refractivity contribution is -0.126. The Balaban J connectivity index is 1.53. The average molecular weight is 301 g/mol. The molecule has 116 valence electrons. The largest absolute Gasteiger partial charge is 0.508 e. The Labute approximate surface area is 128 Å². The number of carbonyl (C=O) groups is 1. The number of hydrogen-bond donors (Lipinski definition) is 3. The molecule has 1 aromatic heterocycles. The fourth-order valence-electron chi connectivity index (χ4n) is 2.74. The third-order valence-corrected chi connectivity index (χ3v) is 4.08. The maximum atomic E-state index is 12.2. The van der Waals surface area contributed by atoms with Crippen LogP contribution in [0, 0.1) is 5.92 Å². The van der Waals surface area contributed by atoms with E-state index in [0.29, 0.717) is 12.1 Å². The third kappa shape index (κ3) is 3.12. The fraction of sp³-hybridized carbons (Fsp3) is 0.375. The lowest BCUT2D eigenvalue weighted by atomic mass is 9.97. The summed E-state index contributed by atoms with van der Waals surface area (Å²) >= 11 is 0. The van der Waals surface area contributed by atoms with Crippen molar-refractivity contribution in [2.75, 3.05) is 6.54 Å². The highest BCUT2D eigenvalue weighted by molar-refractivity contribution is 5.78. The molecule has 3 N–H and O–H groups in total. The summed E-state index contributed by atoms with van der Waals surface area (Å²) in [6.45, 7) is 0.799. The number of aliphatic hydroxyl groups is 1. The number of aromatic nitrogens is 2. The zero-order valence-electron chi connectivity index (χ0n) is 12.1. The molecule has 0 saturated carbocycles. The van der Waals surface area contributed by atoms with Crippen molar-refractivity contribution < 1.29 is 15.0 Å². The van der Waals surface area contributed by atoms with Gasteiger partial charge in [0, 0.05) is 25.0 Å². The molecule has 2 unspecified atom stereocenters. The molecule has 1 aromatic carbocycles. The first-order valence-corrected chi connectivity index (χ1v) is 7.37. The molecule has 1 aliphatic heterocycles. The number of fused-ring (bicyclic) bond motifs is 1. The standard InChI is InChI=1S/C16H19N3O3/c20-14-5-2-11(3-6-14)15(21)8-18-16(22)12-1-4-13-7-17-10-19(13)9-12/h2-3,5-7,10,12,15,20-21H,1,4,8-9H2,(H,18,22). The quantitative estimate of drug-likeness (QED) is 0.786. The van der Waals surface area contributed by atoms with Gasteiger partial charge in [0.1, 0.15) is 5.75 Å². The molecule has 22 heavy (non-hydrogen) atoms. The lowest BCUT2D eigenvalue weighted by Crippen LogP contribution is -2.37. The van der Waals surface area contributed by atoms with Gasteiger partial charge in [0.05, 0.1) is 18.3 Å². The van der Waals surface area contributed by atoms with Gasteiger partial charge < -0.3 is 20.1 Å². The van der Waals surface area contributed by atoms with Gasteiger partial charge in [-0.1, -0.05) is 12.1 Å². The number of phenolic OH excluding ortho intramolecular Hbond substituents is 1. The molecule has 0 bridgehead atoms. The molecule has 2 atom stereocenters. The molecule has 1 amide bonds. The van der Waals surface area contributed by atoms with Gasteiger partial charge in [0.15, 0.2) is 0 Å². The van der Waals surface area contributed by atoms with Crippen LogP contribution in [0.4, 0.5) is 0 Å². The first-order valence-electron chi connectivity index (χ1n) is 7.37. The van der Waals surface area contributed by atoms with Crippen LogP contribution in [-0.4, -0.2) is 32.2 Å². The van der Waals surface area contributed by atoms with Gasteiger partial charge in [-0.05, 0) is 30.5 Å². The maximum Gasteiger partial charge on any atom is 0.225 e. The number of amides is 1. The van der Waals surface area contributed by atoms with Crippen LogP contribution in [0.25, 0.3) is 0 Å². The molecular formula is C16H19N3O3. The highest BCUT2D eigenvalue weighted by Crippen LogP contribution is 2.20. The van der Waals surface area contributed by atoms with Gasteiger partial charge in [-0.25, -0.2) is 4.98 Å². The van der Waals surface area contributed by atoms with Crippen LogP contribution in [0.3, 0.4) is 0 Å². The summed E-state index contributed by atoms with van der Waals surface area (Å²) in [5, 5.41) is 22.1. The SMILES string of the molecule is O=C(NCC(O)c1ccc(O)cc1)C1CCc2cncn2C1. The van der Waals surface area contributed by atoms with Gasteiger partial charge in [0.2, 0.25) is 5.91 Å². The minimum absolute atomic E-state index is 0.0443. The van der Waals surface area contributed by atoms with Crippen molar-refractivity contribution >= 4 is 5.91 Å². The Bertz CT molecular complexity index is 651. The average Bonchev–Trinajstić information content (AvgIpc) is 3.00. The Morgan fingerprint density at radius 3 is 2.95 bits per heavy atom. The zero-order chi connectivity index (χ0) is 15.5. The molecule has 0 radical (unpaired) electrons. The number of aromatic hydroxyl groups is 1. The fourth-order valence-corrected chi connectivity index (χ4v) is 2.74. The molecule has 2 heterocycles. The van der Waals surface area contributed by atoms with Crippen LogP contribution in [0.5, 0.6) is 5.75 Å². The van der Waals surface area contributed by atoms with Gasteiger partial charge in [0.25, 0.3) is 0 Å². The van der Waals surface area contributed by atoms with Crippen molar-refractivity contribution in [1.29, 1.82) is 0 Å². The van der Waals surface area contributed by atoms with Crippen LogP contribution in [0.15, 0.2) is 36.8 Å². The third-order valence-electron chi connectivity index (χ3n) is 4.08. The van der Waals surface area contributed by atoms with E-state index in [1.807, 2.05) is 10.8 Å². The molecular weight excluding hydrogens is 282 g/mol.